The molecule has 0 bridgehead atoms. The summed E-state index contributed by atoms with van der Waals surface area (Å²) in [7, 11) is 1.35. The molecule has 0 atom stereocenters. The van der Waals surface area contributed by atoms with Gasteiger partial charge in [-0.15, -0.1) is 0 Å². The second kappa shape index (κ2) is 9.81. The first-order valence-corrected chi connectivity index (χ1v) is 9.61. The Morgan fingerprint density at radius 1 is 1.26 bits per heavy atom. The summed E-state index contributed by atoms with van der Waals surface area (Å²) >= 11 is 10.0. The SMILES string of the molecule is COc1ccc(/C=N/NC(=O)COc2c(Br)cc(Br)cc2Br)cc1[N+](=O)[O-]. The van der Waals surface area contributed by atoms with Crippen LogP contribution >= 0.6 is 47.8 Å². The largest absolute Gasteiger partial charge is 0.490 e. The minimum atomic E-state index is -0.559. The Hall–Kier alpha value is -1.98. The second-order valence-corrected chi connectivity index (χ2v) is 7.59. The molecule has 1 amide bonds. The van der Waals surface area contributed by atoms with Crippen molar-refractivity contribution in [2.45, 2.75) is 0 Å². The number of rotatable bonds is 7. The van der Waals surface area contributed by atoms with E-state index in [1.54, 1.807) is 18.2 Å². The maximum Gasteiger partial charge on any atom is 0.311 e. The van der Waals surface area contributed by atoms with Crippen LogP contribution in [0, 0.1) is 10.1 Å². The Balaban J connectivity index is 1.96. The fourth-order valence-electron chi connectivity index (χ4n) is 1.95. The van der Waals surface area contributed by atoms with Gasteiger partial charge in [-0.2, -0.15) is 5.10 Å². The maximum absolute atomic E-state index is 11.9. The number of methoxy groups -OCH3 is 1. The summed E-state index contributed by atoms with van der Waals surface area (Å²) in [5, 5.41) is 14.8. The standard InChI is InChI=1S/C16H12Br3N3O5/c1-26-14-3-2-9(4-13(14)22(24)25)7-20-21-15(23)8-27-16-11(18)5-10(17)6-12(16)19/h2-7H,8H2,1H3,(H,21,23)/b20-7+. The molecule has 2 aromatic carbocycles. The lowest BCUT2D eigenvalue weighted by Gasteiger charge is -2.09. The average molecular weight is 566 g/mol. The van der Waals surface area contributed by atoms with E-state index in [1.807, 2.05) is 0 Å². The topological polar surface area (TPSA) is 103 Å². The van der Waals surface area contributed by atoms with Gasteiger partial charge in [0.25, 0.3) is 5.91 Å². The van der Waals surface area contributed by atoms with Crippen LogP contribution in [-0.2, 0) is 4.79 Å². The highest BCUT2D eigenvalue weighted by Crippen LogP contribution is 2.36. The van der Waals surface area contributed by atoms with Crippen LogP contribution in [-0.4, -0.2) is 30.8 Å². The number of hydrogen-bond acceptors (Lipinski definition) is 6. The summed E-state index contributed by atoms with van der Waals surface area (Å²) in [6.07, 6.45) is 1.29. The molecule has 0 aliphatic carbocycles. The Bertz CT molecular complexity index is 882. The van der Waals surface area contributed by atoms with E-state index in [1.165, 1.54) is 25.5 Å². The van der Waals surface area contributed by atoms with Gasteiger partial charge in [-0.1, -0.05) is 15.9 Å². The monoisotopic (exact) mass is 563 g/mol. The summed E-state index contributed by atoms with van der Waals surface area (Å²) in [6.45, 7) is -0.265. The molecule has 0 fully saturated rings. The van der Waals surface area contributed by atoms with Crippen LogP contribution in [0.15, 0.2) is 48.9 Å². The molecule has 8 nitrogen and oxygen atoms in total. The maximum atomic E-state index is 11.9. The zero-order valence-corrected chi connectivity index (χ0v) is 18.5. The van der Waals surface area contributed by atoms with Crippen LogP contribution < -0.4 is 14.9 Å². The summed E-state index contributed by atoms with van der Waals surface area (Å²) in [5.41, 5.74) is 2.53. The third-order valence-corrected chi connectivity index (χ3v) is 4.75. The number of nitro benzene ring substituents is 1. The normalized spacial score (nSPS) is 10.7. The van der Waals surface area contributed by atoms with Gasteiger partial charge < -0.3 is 9.47 Å². The van der Waals surface area contributed by atoms with Crippen molar-refractivity contribution in [3.05, 3.63) is 59.4 Å². The third kappa shape index (κ3) is 6.01. The first-order valence-electron chi connectivity index (χ1n) is 7.23. The van der Waals surface area contributed by atoms with E-state index in [0.29, 0.717) is 20.3 Å². The van der Waals surface area contributed by atoms with Gasteiger partial charge in [0.1, 0.15) is 5.75 Å². The van der Waals surface area contributed by atoms with Crippen molar-refractivity contribution in [3.8, 4) is 11.5 Å². The lowest BCUT2D eigenvalue weighted by Crippen LogP contribution is -2.24. The summed E-state index contributed by atoms with van der Waals surface area (Å²) in [6, 6.07) is 7.89. The van der Waals surface area contributed by atoms with Gasteiger partial charge in [0.15, 0.2) is 12.4 Å². The quantitative estimate of drug-likeness (QED) is 0.304. The number of hydrogen-bond donors (Lipinski definition) is 1. The molecule has 0 unspecified atom stereocenters. The lowest BCUT2D eigenvalue weighted by molar-refractivity contribution is -0.385. The van der Waals surface area contributed by atoms with Crippen molar-refractivity contribution in [3.63, 3.8) is 0 Å². The molecule has 0 aliphatic rings. The summed E-state index contributed by atoms with van der Waals surface area (Å²) in [4.78, 5) is 22.3. The van der Waals surface area contributed by atoms with Gasteiger partial charge in [0.2, 0.25) is 0 Å². The number of benzene rings is 2. The van der Waals surface area contributed by atoms with E-state index in [0.717, 1.165) is 4.47 Å². The lowest BCUT2D eigenvalue weighted by atomic mass is 10.2. The highest BCUT2D eigenvalue weighted by molar-refractivity contribution is 9.11. The summed E-state index contributed by atoms with van der Waals surface area (Å²) < 4.78 is 12.6. The van der Waals surface area contributed by atoms with Gasteiger partial charge in [-0.05, 0) is 56.1 Å². The molecule has 0 saturated heterocycles. The summed E-state index contributed by atoms with van der Waals surface area (Å²) in [5.74, 6) is 0.124. The number of nitro groups is 1. The van der Waals surface area contributed by atoms with Gasteiger partial charge in [0, 0.05) is 16.1 Å². The number of amides is 1. The van der Waals surface area contributed by atoms with Gasteiger partial charge in [0.05, 0.1) is 27.2 Å². The zero-order chi connectivity index (χ0) is 20.0. The average Bonchev–Trinajstić information content (AvgIpc) is 2.60. The van der Waals surface area contributed by atoms with Crippen LogP contribution in [0.1, 0.15) is 5.56 Å². The van der Waals surface area contributed by atoms with E-state index in [4.69, 9.17) is 9.47 Å². The molecule has 0 saturated carbocycles. The van der Waals surface area contributed by atoms with E-state index < -0.39 is 10.8 Å². The second-order valence-electron chi connectivity index (χ2n) is 4.97. The molecule has 0 radical (unpaired) electrons. The van der Waals surface area contributed by atoms with Crippen LogP contribution in [0.25, 0.3) is 0 Å². The molecule has 0 heterocycles. The molecule has 2 aromatic rings. The first kappa shape index (κ1) is 21.3. The van der Waals surface area contributed by atoms with E-state index in [2.05, 4.69) is 58.3 Å². The van der Waals surface area contributed by atoms with E-state index in [-0.39, 0.29) is 18.0 Å². The predicted molar refractivity (Wildman–Crippen MR) is 110 cm³/mol. The van der Waals surface area contributed by atoms with Crippen LogP contribution in [0.2, 0.25) is 0 Å². The smallest absolute Gasteiger partial charge is 0.311 e. The number of carbonyl (C=O) groups excluding carboxylic acids is 1. The van der Waals surface area contributed by atoms with Gasteiger partial charge >= 0.3 is 5.69 Å². The van der Waals surface area contributed by atoms with Gasteiger partial charge in [-0.3, -0.25) is 14.9 Å². The van der Waals surface area contributed by atoms with E-state index >= 15 is 0 Å². The number of nitrogens with zero attached hydrogens (tertiary/aromatic N) is 2. The Labute approximate surface area is 179 Å². The predicted octanol–water partition coefficient (Wildman–Crippen LogP) is 4.42. The fraction of sp³-hybridized carbons (Fsp3) is 0.125. The Kier molecular flexibility index (Phi) is 7.75. The molecule has 142 valence electrons. The fourth-order valence-corrected chi connectivity index (χ4v) is 4.43. The number of carbonyl (C=O) groups is 1. The molecule has 2 rings (SSSR count). The molecule has 1 N–H and O–H groups in total. The van der Waals surface area contributed by atoms with Gasteiger partial charge in [-0.25, -0.2) is 5.43 Å². The van der Waals surface area contributed by atoms with Crippen LogP contribution in [0.4, 0.5) is 5.69 Å². The number of halogens is 3. The molecule has 0 aromatic heterocycles. The highest BCUT2D eigenvalue weighted by atomic mass is 79.9. The van der Waals surface area contributed by atoms with Crippen molar-refractivity contribution in [2.24, 2.45) is 5.10 Å². The Morgan fingerprint density at radius 3 is 2.52 bits per heavy atom. The number of nitrogens with one attached hydrogen (secondary N) is 1. The molecule has 11 heteroatoms. The van der Waals surface area contributed by atoms with Crippen molar-refractivity contribution >= 4 is 65.6 Å². The van der Waals surface area contributed by atoms with Crippen molar-refractivity contribution in [1.82, 2.24) is 5.43 Å². The molecular weight excluding hydrogens is 554 g/mol. The molecule has 27 heavy (non-hydrogen) atoms. The molecule has 0 spiro atoms. The molecular formula is C16H12Br3N3O5. The first-order chi connectivity index (χ1) is 12.8. The minimum Gasteiger partial charge on any atom is -0.490 e. The Morgan fingerprint density at radius 2 is 1.93 bits per heavy atom. The molecule has 0 aliphatic heterocycles. The van der Waals surface area contributed by atoms with Crippen LogP contribution in [0.3, 0.4) is 0 Å². The third-order valence-electron chi connectivity index (χ3n) is 3.11. The van der Waals surface area contributed by atoms with Crippen molar-refractivity contribution in [2.75, 3.05) is 13.7 Å². The minimum absolute atomic E-state index is 0.139. The number of ether oxygens (including phenoxy) is 2. The van der Waals surface area contributed by atoms with Crippen molar-refractivity contribution < 1.29 is 19.2 Å². The zero-order valence-electron chi connectivity index (χ0n) is 13.7. The van der Waals surface area contributed by atoms with Crippen LogP contribution in [0.5, 0.6) is 11.5 Å². The number of hydrazone groups is 1. The highest BCUT2D eigenvalue weighted by Gasteiger charge is 2.14. The van der Waals surface area contributed by atoms with Crippen molar-refractivity contribution in [1.29, 1.82) is 0 Å². The van der Waals surface area contributed by atoms with E-state index in [9.17, 15) is 14.9 Å².